The molecule has 1 saturated carbocycles. The lowest BCUT2D eigenvalue weighted by atomic mass is 9.94. The van der Waals surface area contributed by atoms with Crippen molar-refractivity contribution in [1.82, 2.24) is 10.8 Å². The number of nitrogens with two attached hydrogens (primary N) is 1. The van der Waals surface area contributed by atoms with Crippen LogP contribution in [0, 0.1) is 11.6 Å². The van der Waals surface area contributed by atoms with Crippen LogP contribution in [0.1, 0.15) is 42.0 Å². The summed E-state index contributed by atoms with van der Waals surface area (Å²) in [5.74, 6) is -1.73. The van der Waals surface area contributed by atoms with Crippen LogP contribution in [0.3, 0.4) is 0 Å². The number of hydrogen-bond acceptors (Lipinski definition) is 4. The van der Waals surface area contributed by atoms with Gasteiger partial charge in [-0.15, -0.1) is 0 Å². The minimum absolute atomic E-state index is 0.0761. The highest BCUT2D eigenvalue weighted by atomic mass is 35.5. The number of fused-ring (bicyclic) bond motifs is 1. The van der Waals surface area contributed by atoms with E-state index in [4.69, 9.17) is 17.3 Å². The maximum atomic E-state index is 15.2. The van der Waals surface area contributed by atoms with Gasteiger partial charge in [0.25, 0.3) is 0 Å². The van der Waals surface area contributed by atoms with Crippen LogP contribution in [-0.2, 0) is 11.2 Å². The quantitative estimate of drug-likeness (QED) is 0.319. The summed E-state index contributed by atoms with van der Waals surface area (Å²) < 4.78 is 29.9. The van der Waals surface area contributed by atoms with E-state index in [1.165, 1.54) is 12.1 Å². The number of rotatable bonds is 5. The zero-order valence-corrected chi connectivity index (χ0v) is 17.3. The number of benzene rings is 2. The monoisotopic (exact) mass is 446 g/mol. The van der Waals surface area contributed by atoms with Gasteiger partial charge in [0.05, 0.1) is 17.1 Å². The van der Waals surface area contributed by atoms with Crippen LogP contribution in [0.5, 0.6) is 0 Å². The molecule has 2 aromatic carbocycles. The van der Waals surface area contributed by atoms with Gasteiger partial charge in [0.15, 0.2) is 5.84 Å². The Morgan fingerprint density at radius 1 is 1.29 bits per heavy atom. The second kappa shape index (κ2) is 8.03. The van der Waals surface area contributed by atoms with Crippen LogP contribution >= 0.6 is 11.6 Å². The maximum absolute atomic E-state index is 15.2. The number of carbonyl (C=O) groups excluding carboxylic acids is 1. The van der Waals surface area contributed by atoms with Gasteiger partial charge in [0.2, 0.25) is 5.91 Å². The molecule has 4 rings (SSSR count). The first-order valence-electron chi connectivity index (χ1n) is 9.78. The first-order chi connectivity index (χ1) is 14.8. The number of halogens is 3. The third-order valence-electron chi connectivity index (χ3n) is 5.74. The van der Waals surface area contributed by atoms with Gasteiger partial charge in [-0.1, -0.05) is 24.2 Å². The average Bonchev–Trinajstić information content (AvgIpc) is 3.35. The van der Waals surface area contributed by atoms with Crippen molar-refractivity contribution in [2.45, 2.75) is 37.3 Å². The molecular weight excluding hydrogens is 426 g/mol. The molecule has 0 spiro atoms. The molecule has 1 unspecified atom stereocenters. The normalized spacial score (nSPS) is 19.0. The molecule has 162 valence electrons. The molecule has 31 heavy (non-hydrogen) atoms. The predicted octanol–water partition coefficient (Wildman–Crippen LogP) is 3.75. The van der Waals surface area contributed by atoms with Gasteiger partial charge < -0.3 is 11.1 Å². The average molecular weight is 447 g/mol. The molecule has 5 N–H and O–H groups in total. The van der Waals surface area contributed by atoms with E-state index in [0.29, 0.717) is 42.4 Å². The molecule has 1 atom stereocenters. The number of carbonyl (C=O) groups is 1. The lowest BCUT2D eigenvalue weighted by molar-refractivity contribution is -0.124. The van der Waals surface area contributed by atoms with Gasteiger partial charge in [-0.2, -0.15) is 0 Å². The second-order valence-corrected chi connectivity index (χ2v) is 8.27. The Bertz CT molecular complexity index is 1120. The summed E-state index contributed by atoms with van der Waals surface area (Å²) in [6.07, 6.45) is 3.45. The van der Waals surface area contributed by atoms with Crippen LogP contribution in [0.2, 0.25) is 5.02 Å². The van der Waals surface area contributed by atoms with Crippen molar-refractivity contribution in [1.29, 1.82) is 0 Å². The fraction of sp³-hybridized carbons (Fsp3) is 0.273. The molecule has 0 bridgehead atoms. The van der Waals surface area contributed by atoms with E-state index in [0.717, 1.165) is 12.3 Å². The van der Waals surface area contributed by atoms with E-state index in [2.05, 4.69) is 16.9 Å². The first-order valence-corrected chi connectivity index (χ1v) is 10.2. The van der Waals surface area contributed by atoms with Crippen molar-refractivity contribution < 1.29 is 18.8 Å². The molecule has 2 aliphatic carbocycles. The summed E-state index contributed by atoms with van der Waals surface area (Å²) in [5.41, 5.74) is 8.59. The Labute approximate surface area is 182 Å². The molecule has 2 aliphatic rings. The highest BCUT2D eigenvalue weighted by Gasteiger charge is 2.47. The molecule has 2 aromatic rings. The van der Waals surface area contributed by atoms with Crippen LogP contribution in [0.15, 0.2) is 42.0 Å². The largest absolute Gasteiger partial charge is 0.348 e. The molecular formula is C22H21ClF2N4O2. The number of nitrogens with zero attached hydrogens (tertiary/aromatic N) is 1. The minimum Gasteiger partial charge on any atom is -0.348 e. The van der Waals surface area contributed by atoms with E-state index in [9.17, 15) is 14.4 Å². The zero-order chi connectivity index (χ0) is 22.3. The fourth-order valence-corrected chi connectivity index (χ4v) is 4.17. The lowest BCUT2D eigenvalue weighted by Gasteiger charge is -2.19. The second-order valence-electron chi connectivity index (χ2n) is 7.83. The Morgan fingerprint density at radius 3 is 2.68 bits per heavy atom. The fourth-order valence-electron chi connectivity index (χ4n) is 3.96. The van der Waals surface area contributed by atoms with Crippen molar-refractivity contribution in [2.75, 3.05) is 0 Å². The summed E-state index contributed by atoms with van der Waals surface area (Å²) in [4.78, 5) is 16.2. The summed E-state index contributed by atoms with van der Waals surface area (Å²) in [7, 11) is 0. The van der Waals surface area contributed by atoms with E-state index in [-0.39, 0.29) is 27.9 Å². The smallest absolute Gasteiger partial charge is 0.240 e. The molecule has 9 heteroatoms. The van der Waals surface area contributed by atoms with Gasteiger partial charge in [-0.3, -0.25) is 15.5 Å². The van der Waals surface area contributed by atoms with Crippen LogP contribution < -0.4 is 16.5 Å². The zero-order valence-electron chi connectivity index (χ0n) is 16.5. The maximum Gasteiger partial charge on any atom is 0.240 e. The molecule has 0 aliphatic heterocycles. The number of nitrogens with one attached hydrogen (secondary N) is 2. The molecule has 6 nitrogen and oxygen atoms in total. The third-order valence-corrected chi connectivity index (χ3v) is 5.96. The number of amidine groups is 1. The number of amides is 1. The molecule has 0 saturated heterocycles. The molecule has 0 aromatic heterocycles. The summed E-state index contributed by atoms with van der Waals surface area (Å²) in [6, 6.07) is 5.07. The molecule has 0 heterocycles. The highest BCUT2D eigenvalue weighted by Crippen LogP contribution is 2.40. The molecule has 1 fully saturated rings. The number of aliphatic imine (C=N–C) groups is 1. The van der Waals surface area contributed by atoms with Crippen LogP contribution in [0.4, 0.5) is 8.78 Å². The lowest BCUT2D eigenvalue weighted by Crippen LogP contribution is -2.43. The highest BCUT2D eigenvalue weighted by molar-refractivity contribution is 6.31. The van der Waals surface area contributed by atoms with Gasteiger partial charge in [0.1, 0.15) is 11.6 Å². The van der Waals surface area contributed by atoms with Gasteiger partial charge in [-0.05, 0) is 60.6 Å². The molecule has 1 amide bonds. The number of hydroxylamine groups is 1. The minimum atomic E-state index is -0.843. The first kappa shape index (κ1) is 21.4. The molecule has 0 radical (unpaired) electrons. The Kier molecular flexibility index (Phi) is 5.55. The van der Waals surface area contributed by atoms with E-state index in [1.54, 1.807) is 6.07 Å². The van der Waals surface area contributed by atoms with Crippen LogP contribution in [-0.4, -0.2) is 22.5 Å². The van der Waals surface area contributed by atoms with Gasteiger partial charge in [-0.25, -0.2) is 13.8 Å². The van der Waals surface area contributed by atoms with E-state index in [1.807, 2.05) is 5.48 Å². The number of aryl methyl sites for hydroxylation is 1. The van der Waals surface area contributed by atoms with Crippen molar-refractivity contribution in [3.63, 3.8) is 0 Å². The van der Waals surface area contributed by atoms with Gasteiger partial charge >= 0.3 is 0 Å². The topological polar surface area (TPSA) is 99.7 Å². The van der Waals surface area contributed by atoms with E-state index < -0.39 is 23.2 Å². The Hall–Kier alpha value is -2.81. The summed E-state index contributed by atoms with van der Waals surface area (Å²) >= 11 is 6.05. The van der Waals surface area contributed by atoms with Crippen molar-refractivity contribution >= 4 is 23.3 Å². The predicted molar refractivity (Wildman–Crippen MR) is 114 cm³/mol. The van der Waals surface area contributed by atoms with E-state index >= 15 is 4.39 Å². The third kappa shape index (κ3) is 3.94. The number of hydrogen-bond donors (Lipinski definition) is 4. The van der Waals surface area contributed by atoms with Crippen molar-refractivity contribution in [3.05, 3.63) is 70.4 Å². The summed E-state index contributed by atoms with van der Waals surface area (Å²) in [6.45, 7) is 3.45. The van der Waals surface area contributed by atoms with Crippen molar-refractivity contribution in [3.8, 4) is 11.1 Å². The van der Waals surface area contributed by atoms with Crippen LogP contribution in [0.25, 0.3) is 11.1 Å². The standard InChI is InChI=1S/C22H21ClF2N4O2/c1-2-27-20(29-31)19-14(9-13(23)10-16(19)25)12-7-11-3-4-17(18(11)15(24)8-12)28-21(30)22(26)5-6-22/h2,7-10,17,31H,1,3-6,26H2,(H,27,29)(H,28,30). The van der Waals surface area contributed by atoms with Crippen molar-refractivity contribution in [2.24, 2.45) is 10.7 Å². The Balaban J connectivity index is 1.76. The Morgan fingerprint density at radius 2 is 2.03 bits per heavy atom. The SMILES string of the molecule is C=CN=C(NO)c1c(F)cc(Cl)cc1-c1cc(F)c2c(c1)CCC2NC(=O)C1(N)CC1. The van der Waals surface area contributed by atoms with Gasteiger partial charge in [0, 0.05) is 16.8 Å². The summed E-state index contributed by atoms with van der Waals surface area (Å²) in [5, 5.41) is 12.4.